The van der Waals surface area contributed by atoms with Crippen LogP contribution in [0, 0.1) is 35.5 Å². The molecule has 42 heavy (non-hydrogen) atoms. The predicted octanol–water partition coefficient (Wildman–Crippen LogP) is 2.60. The Hall–Kier alpha value is -3.45. The van der Waals surface area contributed by atoms with Crippen molar-refractivity contribution >= 4 is 18.2 Å². The summed E-state index contributed by atoms with van der Waals surface area (Å²) in [6.45, 7) is 1.86. The summed E-state index contributed by atoms with van der Waals surface area (Å²) in [5, 5.41) is 0. The van der Waals surface area contributed by atoms with E-state index in [1.165, 1.54) is 13.7 Å². The van der Waals surface area contributed by atoms with E-state index in [-0.39, 0.29) is 55.1 Å². The van der Waals surface area contributed by atoms with Crippen molar-refractivity contribution in [2.75, 3.05) is 19.6 Å². The number of nitrogens with zero attached hydrogens (tertiary/aromatic N) is 6. The second kappa shape index (κ2) is 15.7. The SMILES string of the molecule is O=C=NCC1CCCC(Cn2c(=O)n(CC3CCCC(CN=C=O)C3)c(=O)n(CC3CCCC(CN=C=O)C3)c2=O)C1. The smallest absolute Gasteiger partial charge is 0.247 e. The van der Waals surface area contributed by atoms with Gasteiger partial charge in [0.2, 0.25) is 18.2 Å². The standard InChI is InChI=1S/C30H42N6O6/c37-19-31-13-22-4-1-7-25(10-22)16-34-28(40)35(17-26-8-2-5-23(11-26)14-32-20-38)30(42)36(29(34)41)18-27-9-3-6-24(12-27)15-33-21-39/h22-27H,1-18H2. The molecule has 3 fully saturated rings. The van der Waals surface area contributed by atoms with Crippen molar-refractivity contribution in [2.45, 2.75) is 96.7 Å². The molecule has 0 aromatic carbocycles. The van der Waals surface area contributed by atoms with Crippen molar-refractivity contribution in [1.82, 2.24) is 13.7 Å². The van der Waals surface area contributed by atoms with Gasteiger partial charge in [-0.1, -0.05) is 19.3 Å². The topological polar surface area (TPSA) is 154 Å². The number of isocyanates is 3. The van der Waals surface area contributed by atoms with Crippen LogP contribution in [0.25, 0.3) is 0 Å². The molecule has 0 bridgehead atoms. The van der Waals surface area contributed by atoms with Crippen LogP contribution in [0.1, 0.15) is 77.0 Å². The fourth-order valence-corrected chi connectivity index (χ4v) is 7.63. The molecule has 228 valence electrons. The van der Waals surface area contributed by atoms with Gasteiger partial charge in [-0.2, -0.15) is 0 Å². The molecule has 6 atom stereocenters. The number of hydrogen-bond donors (Lipinski definition) is 0. The number of carbonyl (C=O) groups excluding carboxylic acids is 3. The summed E-state index contributed by atoms with van der Waals surface area (Å²) < 4.78 is 3.77. The van der Waals surface area contributed by atoms with E-state index in [9.17, 15) is 28.8 Å². The number of aromatic nitrogens is 3. The van der Waals surface area contributed by atoms with Gasteiger partial charge in [0.15, 0.2) is 0 Å². The lowest BCUT2D eigenvalue weighted by molar-refractivity contribution is 0.212. The van der Waals surface area contributed by atoms with Crippen molar-refractivity contribution in [1.29, 1.82) is 0 Å². The van der Waals surface area contributed by atoms with E-state index in [1.807, 2.05) is 0 Å². The number of aliphatic imine (C=N–C) groups is 3. The Labute approximate surface area is 244 Å². The van der Waals surface area contributed by atoms with Crippen LogP contribution in [0.3, 0.4) is 0 Å². The summed E-state index contributed by atoms with van der Waals surface area (Å²) in [6, 6.07) is 0. The molecule has 0 N–H and O–H groups in total. The summed E-state index contributed by atoms with van der Waals surface area (Å²) in [4.78, 5) is 84.6. The molecule has 4 rings (SSSR count). The van der Waals surface area contributed by atoms with Crippen molar-refractivity contribution in [3.8, 4) is 0 Å². The maximum Gasteiger partial charge on any atom is 0.336 e. The van der Waals surface area contributed by atoms with Gasteiger partial charge in [0, 0.05) is 19.6 Å². The molecule has 3 aliphatic carbocycles. The van der Waals surface area contributed by atoms with Gasteiger partial charge in [0.05, 0.1) is 19.6 Å². The molecule has 12 nitrogen and oxygen atoms in total. The average Bonchev–Trinajstić information content (AvgIpc) is 3.01. The Morgan fingerprint density at radius 3 is 1.00 bits per heavy atom. The second-order valence-corrected chi connectivity index (χ2v) is 12.7. The molecule has 12 heteroatoms. The normalized spacial score (nSPS) is 27.7. The zero-order valence-electron chi connectivity index (χ0n) is 24.3. The maximum absolute atomic E-state index is 13.8. The number of hydrogen-bond acceptors (Lipinski definition) is 9. The Bertz CT molecular complexity index is 1200. The van der Waals surface area contributed by atoms with Crippen LogP contribution in [0.15, 0.2) is 29.4 Å². The van der Waals surface area contributed by atoms with Crippen molar-refractivity contribution in [3.05, 3.63) is 31.5 Å². The average molecular weight is 583 g/mol. The fourth-order valence-electron chi connectivity index (χ4n) is 7.63. The molecule has 3 saturated carbocycles. The first-order chi connectivity index (χ1) is 20.4. The minimum absolute atomic E-state index is 0.0657. The zero-order chi connectivity index (χ0) is 29.9. The van der Waals surface area contributed by atoms with Gasteiger partial charge in [-0.3, -0.25) is 0 Å². The highest BCUT2D eigenvalue weighted by Crippen LogP contribution is 2.32. The molecular formula is C30H42N6O6. The van der Waals surface area contributed by atoms with Crippen LogP contribution in [0.4, 0.5) is 0 Å². The van der Waals surface area contributed by atoms with Gasteiger partial charge in [0.1, 0.15) is 0 Å². The van der Waals surface area contributed by atoms with Gasteiger partial charge in [0.25, 0.3) is 0 Å². The molecule has 0 aliphatic heterocycles. The monoisotopic (exact) mass is 582 g/mol. The van der Waals surface area contributed by atoms with E-state index in [0.29, 0.717) is 19.6 Å². The van der Waals surface area contributed by atoms with Gasteiger partial charge < -0.3 is 0 Å². The molecule has 1 aromatic heterocycles. The van der Waals surface area contributed by atoms with Gasteiger partial charge >= 0.3 is 17.1 Å². The lowest BCUT2D eigenvalue weighted by atomic mass is 9.81. The lowest BCUT2D eigenvalue weighted by Crippen LogP contribution is -2.56. The predicted molar refractivity (Wildman–Crippen MR) is 155 cm³/mol. The van der Waals surface area contributed by atoms with Gasteiger partial charge in [-0.05, 0) is 93.3 Å². The first-order valence-corrected chi connectivity index (χ1v) is 15.5. The summed E-state index contributed by atoms with van der Waals surface area (Å²) in [7, 11) is 0. The molecule has 0 amide bonds. The third kappa shape index (κ3) is 8.31. The molecular weight excluding hydrogens is 540 g/mol. The Morgan fingerprint density at radius 1 is 0.476 bits per heavy atom. The van der Waals surface area contributed by atoms with E-state index in [1.54, 1.807) is 18.2 Å². The Kier molecular flexibility index (Phi) is 11.8. The molecule has 6 unspecified atom stereocenters. The number of rotatable bonds is 12. The molecule has 0 saturated heterocycles. The molecule has 1 aromatic rings. The van der Waals surface area contributed by atoms with Crippen LogP contribution < -0.4 is 17.1 Å². The third-order valence-electron chi connectivity index (χ3n) is 9.62. The van der Waals surface area contributed by atoms with Crippen LogP contribution in [0.2, 0.25) is 0 Å². The van der Waals surface area contributed by atoms with Crippen LogP contribution in [-0.4, -0.2) is 51.6 Å². The van der Waals surface area contributed by atoms with Crippen LogP contribution in [-0.2, 0) is 34.0 Å². The highest BCUT2D eigenvalue weighted by atomic mass is 16.2. The summed E-state index contributed by atoms with van der Waals surface area (Å²) >= 11 is 0. The second-order valence-electron chi connectivity index (χ2n) is 12.7. The first-order valence-electron chi connectivity index (χ1n) is 15.5. The lowest BCUT2D eigenvalue weighted by Gasteiger charge is -2.31. The summed E-state index contributed by atoms with van der Waals surface area (Å²) in [5.41, 5.74) is -1.70. The molecule has 1 heterocycles. The highest BCUT2D eigenvalue weighted by molar-refractivity contribution is 5.33. The maximum atomic E-state index is 13.8. The minimum atomic E-state index is -0.566. The quantitative estimate of drug-likeness (QED) is 0.273. The van der Waals surface area contributed by atoms with E-state index < -0.39 is 17.1 Å². The summed E-state index contributed by atoms with van der Waals surface area (Å²) in [5.74, 6) is 0.809. The van der Waals surface area contributed by atoms with Crippen molar-refractivity contribution in [3.63, 3.8) is 0 Å². The Balaban J connectivity index is 1.64. The van der Waals surface area contributed by atoms with Gasteiger partial charge in [-0.25, -0.2) is 57.4 Å². The zero-order valence-corrected chi connectivity index (χ0v) is 24.3. The minimum Gasteiger partial charge on any atom is -0.247 e. The largest absolute Gasteiger partial charge is 0.336 e. The van der Waals surface area contributed by atoms with Crippen LogP contribution >= 0.6 is 0 Å². The Morgan fingerprint density at radius 2 is 0.738 bits per heavy atom. The van der Waals surface area contributed by atoms with Crippen molar-refractivity contribution in [2.24, 2.45) is 50.5 Å². The first kappa shape index (κ1) is 31.5. The van der Waals surface area contributed by atoms with E-state index >= 15 is 0 Å². The highest BCUT2D eigenvalue weighted by Gasteiger charge is 2.29. The van der Waals surface area contributed by atoms with E-state index in [4.69, 9.17) is 0 Å². The summed E-state index contributed by atoms with van der Waals surface area (Å²) in [6.07, 6.45) is 15.2. The van der Waals surface area contributed by atoms with E-state index in [2.05, 4.69) is 15.0 Å². The van der Waals surface area contributed by atoms with Gasteiger partial charge in [-0.15, -0.1) is 0 Å². The fraction of sp³-hybridized carbons (Fsp3) is 0.800. The molecule has 3 aliphatic rings. The van der Waals surface area contributed by atoms with Crippen LogP contribution in [0.5, 0.6) is 0 Å². The molecule has 0 radical (unpaired) electrons. The van der Waals surface area contributed by atoms with Crippen molar-refractivity contribution < 1.29 is 14.4 Å². The van der Waals surface area contributed by atoms with E-state index in [0.717, 1.165) is 77.0 Å². The third-order valence-corrected chi connectivity index (χ3v) is 9.62. The molecule has 0 spiro atoms.